The number of amides is 2. The Bertz CT molecular complexity index is 373. The molecule has 0 spiro atoms. The van der Waals surface area contributed by atoms with Crippen LogP contribution in [0.3, 0.4) is 0 Å². The monoisotopic (exact) mass is 296 g/mol. The van der Waals surface area contributed by atoms with Gasteiger partial charge in [-0.25, -0.2) is 0 Å². The SMILES string of the molecule is CCC(=O)N1CC[C@H](NC(=O)CO[C@@H]2CCC[C@H](C)C2)C1. The van der Waals surface area contributed by atoms with E-state index in [1.165, 1.54) is 12.8 Å². The fourth-order valence-corrected chi connectivity index (χ4v) is 3.32. The van der Waals surface area contributed by atoms with Gasteiger partial charge in [0.1, 0.15) is 6.61 Å². The average molecular weight is 296 g/mol. The van der Waals surface area contributed by atoms with Gasteiger partial charge in [0.2, 0.25) is 11.8 Å². The number of nitrogens with one attached hydrogen (secondary N) is 1. The third kappa shape index (κ3) is 4.99. The summed E-state index contributed by atoms with van der Waals surface area (Å²) in [6.07, 6.45) is 6.22. The smallest absolute Gasteiger partial charge is 0.246 e. The number of hydrogen-bond acceptors (Lipinski definition) is 3. The maximum absolute atomic E-state index is 11.9. The molecule has 2 amide bonds. The van der Waals surface area contributed by atoms with Crippen LogP contribution in [0.1, 0.15) is 52.4 Å². The molecule has 0 aromatic heterocycles. The van der Waals surface area contributed by atoms with Crippen molar-refractivity contribution >= 4 is 11.8 Å². The van der Waals surface area contributed by atoms with Crippen molar-refractivity contribution in [2.45, 2.75) is 64.5 Å². The zero-order chi connectivity index (χ0) is 15.2. The third-order valence-corrected chi connectivity index (χ3v) is 4.55. The van der Waals surface area contributed by atoms with E-state index in [1.54, 1.807) is 0 Å². The molecule has 21 heavy (non-hydrogen) atoms. The molecule has 1 heterocycles. The Balaban J connectivity index is 1.65. The highest BCUT2D eigenvalue weighted by atomic mass is 16.5. The summed E-state index contributed by atoms with van der Waals surface area (Å²) >= 11 is 0. The van der Waals surface area contributed by atoms with Gasteiger partial charge in [-0.05, 0) is 25.2 Å². The fourth-order valence-electron chi connectivity index (χ4n) is 3.32. The lowest BCUT2D eigenvalue weighted by Gasteiger charge is -2.26. The van der Waals surface area contributed by atoms with Gasteiger partial charge in [-0.15, -0.1) is 0 Å². The van der Waals surface area contributed by atoms with E-state index in [0.29, 0.717) is 18.9 Å². The highest BCUT2D eigenvalue weighted by molar-refractivity contribution is 5.78. The standard InChI is InChI=1S/C16H28N2O3/c1-3-16(20)18-8-7-13(10-18)17-15(19)11-21-14-6-4-5-12(2)9-14/h12-14H,3-11H2,1-2H3,(H,17,19)/t12-,13-,14+/m0/s1. The summed E-state index contributed by atoms with van der Waals surface area (Å²) in [6.45, 7) is 5.65. The first-order chi connectivity index (χ1) is 10.1. The van der Waals surface area contributed by atoms with E-state index >= 15 is 0 Å². The van der Waals surface area contributed by atoms with Crippen molar-refractivity contribution in [3.63, 3.8) is 0 Å². The van der Waals surface area contributed by atoms with Crippen LogP contribution in [0.15, 0.2) is 0 Å². The van der Waals surface area contributed by atoms with Gasteiger partial charge in [-0.3, -0.25) is 9.59 Å². The van der Waals surface area contributed by atoms with Gasteiger partial charge in [0.05, 0.1) is 6.10 Å². The van der Waals surface area contributed by atoms with E-state index in [-0.39, 0.29) is 30.6 Å². The van der Waals surface area contributed by atoms with Gasteiger partial charge >= 0.3 is 0 Å². The quantitative estimate of drug-likeness (QED) is 0.840. The first-order valence-electron chi connectivity index (χ1n) is 8.27. The number of ether oxygens (including phenoxy) is 1. The Morgan fingerprint density at radius 1 is 1.29 bits per heavy atom. The van der Waals surface area contributed by atoms with Crippen LogP contribution in [-0.4, -0.2) is 48.6 Å². The van der Waals surface area contributed by atoms with Crippen LogP contribution < -0.4 is 5.32 Å². The molecule has 120 valence electrons. The third-order valence-electron chi connectivity index (χ3n) is 4.55. The number of nitrogens with zero attached hydrogens (tertiary/aromatic N) is 1. The van der Waals surface area contributed by atoms with Gasteiger partial charge in [0, 0.05) is 25.6 Å². The van der Waals surface area contributed by atoms with E-state index < -0.39 is 0 Å². The van der Waals surface area contributed by atoms with E-state index in [9.17, 15) is 9.59 Å². The molecule has 2 aliphatic rings. The highest BCUT2D eigenvalue weighted by Crippen LogP contribution is 2.25. The minimum absolute atomic E-state index is 0.0518. The summed E-state index contributed by atoms with van der Waals surface area (Å²) in [4.78, 5) is 25.4. The van der Waals surface area contributed by atoms with Crippen molar-refractivity contribution in [1.82, 2.24) is 10.2 Å². The average Bonchev–Trinajstić information content (AvgIpc) is 2.93. The number of hydrogen-bond donors (Lipinski definition) is 1. The second-order valence-electron chi connectivity index (χ2n) is 6.45. The van der Waals surface area contributed by atoms with Crippen LogP contribution in [0.4, 0.5) is 0 Å². The topological polar surface area (TPSA) is 58.6 Å². The van der Waals surface area contributed by atoms with Crippen LogP contribution in [0.5, 0.6) is 0 Å². The number of likely N-dealkylation sites (tertiary alicyclic amines) is 1. The molecular weight excluding hydrogens is 268 g/mol. The predicted octanol–water partition coefficient (Wildman–Crippen LogP) is 1.71. The first kappa shape index (κ1) is 16.3. The minimum atomic E-state index is -0.0518. The Kier molecular flexibility index (Phi) is 6.03. The zero-order valence-corrected chi connectivity index (χ0v) is 13.3. The maximum Gasteiger partial charge on any atom is 0.246 e. The summed E-state index contributed by atoms with van der Waals surface area (Å²) in [5, 5.41) is 2.98. The summed E-state index contributed by atoms with van der Waals surface area (Å²) < 4.78 is 5.73. The van der Waals surface area contributed by atoms with Crippen LogP contribution in [0.25, 0.3) is 0 Å². The van der Waals surface area contributed by atoms with Crippen molar-refractivity contribution in [2.75, 3.05) is 19.7 Å². The Labute approximate surface area is 127 Å². The second-order valence-corrected chi connectivity index (χ2v) is 6.45. The van der Waals surface area contributed by atoms with Gasteiger partial charge < -0.3 is 15.0 Å². The molecule has 1 aliphatic carbocycles. The first-order valence-corrected chi connectivity index (χ1v) is 8.27. The molecule has 2 fully saturated rings. The fraction of sp³-hybridized carbons (Fsp3) is 0.875. The second kappa shape index (κ2) is 7.78. The van der Waals surface area contributed by atoms with Gasteiger partial charge in [0.15, 0.2) is 0 Å². The number of carbonyl (C=O) groups excluding carboxylic acids is 2. The molecule has 1 saturated carbocycles. The largest absolute Gasteiger partial charge is 0.368 e. The summed E-state index contributed by atoms with van der Waals surface area (Å²) in [5.74, 6) is 0.818. The highest BCUT2D eigenvalue weighted by Gasteiger charge is 2.27. The lowest BCUT2D eigenvalue weighted by atomic mass is 9.89. The van der Waals surface area contributed by atoms with Crippen molar-refractivity contribution in [3.05, 3.63) is 0 Å². The molecule has 0 aromatic carbocycles. The summed E-state index contributed by atoms with van der Waals surface area (Å²) in [7, 11) is 0. The molecule has 0 radical (unpaired) electrons. The number of carbonyl (C=O) groups is 2. The minimum Gasteiger partial charge on any atom is -0.368 e. The summed E-state index contributed by atoms with van der Waals surface area (Å²) in [6, 6.07) is 0.0851. The van der Waals surface area contributed by atoms with Gasteiger partial charge in [0.25, 0.3) is 0 Å². The molecule has 1 N–H and O–H groups in total. The normalized spacial score (nSPS) is 29.4. The molecular formula is C16H28N2O3. The predicted molar refractivity (Wildman–Crippen MR) is 80.8 cm³/mol. The van der Waals surface area contributed by atoms with Crippen molar-refractivity contribution in [2.24, 2.45) is 5.92 Å². The van der Waals surface area contributed by atoms with Crippen molar-refractivity contribution < 1.29 is 14.3 Å². The Morgan fingerprint density at radius 3 is 2.81 bits per heavy atom. The molecule has 0 unspecified atom stereocenters. The lowest BCUT2D eigenvalue weighted by Crippen LogP contribution is -2.40. The van der Waals surface area contributed by atoms with E-state index in [2.05, 4.69) is 12.2 Å². The molecule has 2 rings (SSSR count). The molecule has 5 heteroatoms. The van der Waals surface area contributed by atoms with Crippen molar-refractivity contribution in [3.8, 4) is 0 Å². The number of rotatable bonds is 5. The van der Waals surface area contributed by atoms with Gasteiger partial charge in [-0.2, -0.15) is 0 Å². The Hall–Kier alpha value is -1.10. The maximum atomic E-state index is 11.9. The van der Waals surface area contributed by atoms with Crippen LogP contribution in [0.2, 0.25) is 0 Å². The van der Waals surface area contributed by atoms with Crippen LogP contribution >= 0.6 is 0 Å². The summed E-state index contributed by atoms with van der Waals surface area (Å²) in [5.41, 5.74) is 0. The van der Waals surface area contributed by atoms with Crippen LogP contribution in [0, 0.1) is 5.92 Å². The molecule has 5 nitrogen and oxygen atoms in total. The van der Waals surface area contributed by atoms with Crippen LogP contribution in [-0.2, 0) is 14.3 Å². The van der Waals surface area contributed by atoms with E-state index in [4.69, 9.17) is 4.74 Å². The van der Waals surface area contributed by atoms with E-state index in [1.807, 2.05) is 11.8 Å². The molecule has 0 bridgehead atoms. The molecule has 1 aliphatic heterocycles. The van der Waals surface area contributed by atoms with Crippen molar-refractivity contribution in [1.29, 1.82) is 0 Å². The van der Waals surface area contributed by atoms with Gasteiger partial charge in [-0.1, -0.05) is 26.7 Å². The molecule has 0 aromatic rings. The zero-order valence-electron chi connectivity index (χ0n) is 13.3. The lowest BCUT2D eigenvalue weighted by molar-refractivity contribution is -0.131. The van der Waals surface area contributed by atoms with E-state index in [0.717, 1.165) is 25.8 Å². The molecule has 3 atom stereocenters. The Morgan fingerprint density at radius 2 is 2.10 bits per heavy atom. The molecule has 1 saturated heterocycles.